The van der Waals surface area contributed by atoms with Crippen LogP contribution in [0.3, 0.4) is 0 Å². The molecule has 1 aromatic carbocycles. The Hall–Kier alpha value is -2.69. The molecule has 21 heavy (non-hydrogen) atoms. The molecule has 0 saturated carbocycles. The Bertz CT molecular complexity index is 687. The highest BCUT2D eigenvalue weighted by Crippen LogP contribution is 2.14. The molecule has 3 aromatic rings. The smallest absolute Gasteiger partial charge is 0.151 e. The second-order valence-electron chi connectivity index (χ2n) is 5.01. The van der Waals surface area contributed by atoms with Gasteiger partial charge in [-0.25, -0.2) is 4.68 Å². The Labute approximate surface area is 123 Å². The summed E-state index contributed by atoms with van der Waals surface area (Å²) in [5.74, 6) is 0.872. The molecule has 0 atom stereocenters. The van der Waals surface area contributed by atoms with Gasteiger partial charge in [-0.3, -0.25) is 0 Å². The fourth-order valence-electron chi connectivity index (χ4n) is 2.13. The van der Waals surface area contributed by atoms with Gasteiger partial charge in [0.05, 0.1) is 11.4 Å². The molecule has 106 valence electrons. The van der Waals surface area contributed by atoms with Gasteiger partial charge in [-0.1, -0.05) is 12.1 Å². The molecule has 0 aliphatic rings. The number of nitrogens with zero attached hydrogens (tertiary/aromatic N) is 5. The average Bonchev–Trinajstić information content (AvgIpc) is 3.03. The summed E-state index contributed by atoms with van der Waals surface area (Å²) in [6.07, 6.45) is 3.71. The van der Waals surface area contributed by atoms with Crippen LogP contribution in [0.4, 0.5) is 5.82 Å². The minimum atomic E-state index is 0.789. The third-order valence-electron chi connectivity index (χ3n) is 3.30. The maximum absolute atomic E-state index is 4.22. The van der Waals surface area contributed by atoms with Crippen LogP contribution in [0.5, 0.6) is 0 Å². The number of hydrogen-bond acceptors (Lipinski definition) is 4. The van der Waals surface area contributed by atoms with Crippen molar-refractivity contribution < 1.29 is 0 Å². The maximum Gasteiger partial charge on any atom is 0.151 e. The lowest BCUT2D eigenvalue weighted by atomic mass is 10.2. The Balaban J connectivity index is 1.71. The van der Waals surface area contributed by atoms with Gasteiger partial charge < -0.3 is 4.90 Å². The zero-order valence-corrected chi connectivity index (χ0v) is 12.1. The molecule has 0 spiro atoms. The van der Waals surface area contributed by atoms with E-state index >= 15 is 0 Å². The van der Waals surface area contributed by atoms with E-state index in [4.69, 9.17) is 0 Å². The molecule has 0 N–H and O–H groups in total. The second kappa shape index (κ2) is 5.75. The van der Waals surface area contributed by atoms with E-state index in [1.807, 2.05) is 43.0 Å². The highest BCUT2D eigenvalue weighted by Gasteiger charge is 2.04. The van der Waals surface area contributed by atoms with E-state index in [0.717, 1.165) is 23.7 Å². The number of hydrogen-bond donors (Lipinski definition) is 0. The fourth-order valence-corrected chi connectivity index (χ4v) is 2.13. The number of aryl methyl sites for hydroxylation is 1. The first-order chi connectivity index (χ1) is 10.2. The van der Waals surface area contributed by atoms with Gasteiger partial charge in [-0.05, 0) is 42.8 Å². The van der Waals surface area contributed by atoms with Crippen molar-refractivity contribution in [2.24, 2.45) is 0 Å². The molecule has 5 heteroatoms. The van der Waals surface area contributed by atoms with E-state index in [1.54, 1.807) is 6.20 Å². The van der Waals surface area contributed by atoms with Crippen molar-refractivity contribution in [2.45, 2.75) is 13.5 Å². The van der Waals surface area contributed by atoms with Crippen molar-refractivity contribution in [1.82, 2.24) is 20.0 Å². The molecule has 0 amide bonds. The van der Waals surface area contributed by atoms with Crippen LogP contribution in [0.1, 0.15) is 11.3 Å². The zero-order chi connectivity index (χ0) is 14.7. The van der Waals surface area contributed by atoms with Crippen LogP contribution in [-0.2, 0) is 6.54 Å². The molecule has 5 nitrogen and oxygen atoms in total. The van der Waals surface area contributed by atoms with E-state index < -0.39 is 0 Å². The van der Waals surface area contributed by atoms with E-state index in [9.17, 15) is 0 Å². The first-order valence-corrected chi connectivity index (χ1v) is 6.83. The summed E-state index contributed by atoms with van der Waals surface area (Å²) in [4.78, 5) is 2.08. The number of aromatic nitrogens is 4. The molecule has 2 aromatic heterocycles. The topological polar surface area (TPSA) is 46.8 Å². The van der Waals surface area contributed by atoms with Crippen molar-refractivity contribution in [1.29, 1.82) is 0 Å². The molecular weight excluding hydrogens is 262 g/mol. The molecule has 0 fully saturated rings. The van der Waals surface area contributed by atoms with Crippen LogP contribution in [0.2, 0.25) is 0 Å². The fraction of sp³-hybridized carbons (Fsp3) is 0.188. The summed E-state index contributed by atoms with van der Waals surface area (Å²) < 4.78 is 1.85. The molecule has 0 radical (unpaired) electrons. The molecule has 0 unspecified atom stereocenters. The summed E-state index contributed by atoms with van der Waals surface area (Å²) in [5, 5.41) is 12.5. The predicted octanol–water partition coefficient (Wildman–Crippen LogP) is 2.61. The minimum Gasteiger partial charge on any atom is -0.354 e. The van der Waals surface area contributed by atoms with E-state index in [2.05, 4.69) is 44.5 Å². The van der Waals surface area contributed by atoms with Gasteiger partial charge in [0.2, 0.25) is 0 Å². The van der Waals surface area contributed by atoms with Crippen molar-refractivity contribution >= 4 is 5.82 Å². The Kier molecular flexibility index (Phi) is 3.64. The first kappa shape index (κ1) is 13.3. The third kappa shape index (κ3) is 3.08. The normalized spacial score (nSPS) is 10.6. The molecule has 3 rings (SSSR count). The monoisotopic (exact) mass is 279 g/mol. The summed E-state index contributed by atoms with van der Waals surface area (Å²) in [6, 6.07) is 14.2. The van der Waals surface area contributed by atoms with Gasteiger partial charge in [0.1, 0.15) is 0 Å². The van der Waals surface area contributed by atoms with Crippen molar-refractivity contribution in [3.63, 3.8) is 0 Å². The van der Waals surface area contributed by atoms with Gasteiger partial charge in [-0.2, -0.15) is 10.2 Å². The van der Waals surface area contributed by atoms with Crippen LogP contribution in [0.25, 0.3) is 5.69 Å². The van der Waals surface area contributed by atoms with Gasteiger partial charge in [0, 0.05) is 26.0 Å². The predicted molar refractivity (Wildman–Crippen MR) is 82.4 cm³/mol. The van der Waals surface area contributed by atoms with Crippen LogP contribution in [-0.4, -0.2) is 27.0 Å². The summed E-state index contributed by atoms with van der Waals surface area (Å²) >= 11 is 0. The Morgan fingerprint density at radius 1 is 1.05 bits per heavy atom. The quantitative estimate of drug-likeness (QED) is 0.736. The highest BCUT2D eigenvalue weighted by molar-refractivity contribution is 5.39. The zero-order valence-electron chi connectivity index (χ0n) is 12.1. The van der Waals surface area contributed by atoms with Crippen molar-refractivity contribution in [2.75, 3.05) is 11.9 Å². The van der Waals surface area contributed by atoms with Gasteiger partial charge in [0.25, 0.3) is 0 Å². The van der Waals surface area contributed by atoms with Crippen LogP contribution in [0.15, 0.2) is 54.9 Å². The van der Waals surface area contributed by atoms with Crippen LogP contribution in [0, 0.1) is 6.92 Å². The molecule has 0 aliphatic carbocycles. The third-order valence-corrected chi connectivity index (χ3v) is 3.30. The molecule has 0 bridgehead atoms. The largest absolute Gasteiger partial charge is 0.354 e. The van der Waals surface area contributed by atoms with Crippen molar-refractivity contribution in [3.05, 3.63) is 66.1 Å². The van der Waals surface area contributed by atoms with Gasteiger partial charge in [0.15, 0.2) is 5.82 Å². The second-order valence-corrected chi connectivity index (χ2v) is 5.01. The number of anilines is 1. The first-order valence-electron chi connectivity index (χ1n) is 6.83. The molecule has 0 saturated heterocycles. The number of benzene rings is 1. The van der Waals surface area contributed by atoms with E-state index in [1.165, 1.54) is 5.56 Å². The standard InChI is InChI=1S/C16H17N5/c1-13-4-9-16(19-18-13)20(2)12-14-5-7-15(8-6-14)21-11-3-10-17-21/h3-11H,12H2,1-2H3. The molecular formula is C16H17N5. The van der Waals surface area contributed by atoms with Gasteiger partial charge >= 0.3 is 0 Å². The lowest BCUT2D eigenvalue weighted by Gasteiger charge is -2.17. The van der Waals surface area contributed by atoms with E-state index in [-0.39, 0.29) is 0 Å². The van der Waals surface area contributed by atoms with Crippen molar-refractivity contribution in [3.8, 4) is 5.69 Å². The summed E-state index contributed by atoms with van der Waals surface area (Å²) in [6.45, 7) is 2.72. The lowest BCUT2D eigenvalue weighted by Crippen LogP contribution is -2.18. The Morgan fingerprint density at radius 2 is 1.86 bits per heavy atom. The summed E-state index contributed by atoms with van der Waals surface area (Å²) in [5.41, 5.74) is 3.20. The molecule has 0 aliphatic heterocycles. The average molecular weight is 279 g/mol. The summed E-state index contributed by atoms with van der Waals surface area (Å²) in [7, 11) is 2.01. The SMILES string of the molecule is Cc1ccc(N(C)Cc2ccc(-n3cccn3)cc2)nn1. The minimum absolute atomic E-state index is 0.789. The van der Waals surface area contributed by atoms with Crippen LogP contribution < -0.4 is 4.90 Å². The number of rotatable bonds is 4. The van der Waals surface area contributed by atoms with Crippen LogP contribution >= 0.6 is 0 Å². The molecule has 2 heterocycles. The van der Waals surface area contributed by atoms with Gasteiger partial charge in [-0.15, -0.1) is 5.10 Å². The highest BCUT2D eigenvalue weighted by atomic mass is 15.3. The van der Waals surface area contributed by atoms with E-state index in [0.29, 0.717) is 0 Å². The Morgan fingerprint density at radius 3 is 2.48 bits per heavy atom. The maximum atomic E-state index is 4.22. The lowest BCUT2D eigenvalue weighted by molar-refractivity contribution is 0.851.